The van der Waals surface area contributed by atoms with Crippen molar-refractivity contribution in [2.24, 2.45) is 0 Å². The van der Waals surface area contributed by atoms with Gasteiger partial charge in [0.05, 0.1) is 18.8 Å². The molecule has 0 spiro atoms. The fourth-order valence-corrected chi connectivity index (χ4v) is 3.86. The lowest BCUT2D eigenvalue weighted by Crippen LogP contribution is -2.33. The quantitative estimate of drug-likeness (QED) is 0.560. The minimum Gasteiger partial charge on any atom is -0.385 e. The molecule has 2 heterocycles. The monoisotopic (exact) mass is 389 g/mol. The normalized spacial score (nSPS) is 18.8. The van der Waals surface area contributed by atoms with E-state index >= 15 is 0 Å². The van der Waals surface area contributed by atoms with Crippen molar-refractivity contribution in [3.8, 4) is 11.1 Å². The van der Waals surface area contributed by atoms with Gasteiger partial charge in [0.2, 0.25) is 0 Å². The number of fused-ring (bicyclic) bond motifs is 1. The van der Waals surface area contributed by atoms with Gasteiger partial charge in [0.15, 0.2) is 0 Å². The molecule has 2 aliphatic rings. The highest BCUT2D eigenvalue weighted by molar-refractivity contribution is 7.40. The molecule has 2 aromatic carbocycles. The molecule has 2 fully saturated rings. The average molecular weight is 389 g/mol. The second-order valence-electron chi connectivity index (χ2n) is 6.76. The molecule has 3 aromatic rings. The van der Waals surface area contributed by atoms with Crippen molar-refractivity contribution in [1.29, 1.82) is 0 Å². The van der Waals surface area contributed by atoms with Crippen LogP contribution in [0.2, 0.25) is 0 Å². The van der Waals surface area contributed by atoms with Crippen LogP contribution in [0.25, 0.3) is 22.0 Å². The van der Waals surface area contributed by atoms with Gasteiger partial charge >= 0.3 is 8.60 Å². The Bertz CT molecular complexity index is 917. The van der Waals surface area contributed by atoms with E-state index in [-0.39, 0.29) is 5.82 Å². The van der Waals surface area contributed by atoms with E-state index in [4.69, 9.17) is 4.89 Å². The summed E-state index contributed by atoms with van der Waals surface area (Å²) in [4.78, 5) is 11.4. The van der Waals surface area contributed by atoms with Crippen LogP contribution in [0.4, 0.5) is 4.39 Å². The molecule has 0 radical (unpaired) electrons. The molecular weight excluding hydrogens is 368 g/mol. The van der Waals surface area contributed by atoms with E-state index in [9.17, 15) is 9.50 Å². The molecule has 1 aliphatic heterocycles. The summed E-state index contributed by atoms with van der Waals surface area (Å²) < 4.78 is 23.3. The number of halogens is 1. The van der Waals surface area contributed by atoms with Gasteiger partial charge < -0.3 is 24.0 Å². The molecule has 1 aliphatic carbocycles. The second kappa shape index (κ2) is 7.66. The number of aromatic nitrogens is 1. The van der Waals surface area contributed by atoms with E-state index < -0.39 is 14.2 Å². The number of aliphatic hydroxyl groups is 1. The van der Waals surface area contributed by atoms with Gasteiger partial charge in [0.25, 0.3) is 0 Å². The zero-order chi connectivity index (χ0) is 18.9. The van der Waals surface area contributed by atoms with Crippen LogP contribution in [0.5, 0.6) is 0 Å². The Hall–Kier alpha value is -1.82. The van der Waals surface area contributed by atoms with E-state index in [1.807, 2.05) is 42.6 Å². The SMILES string of the molecule is OC1(c2ccc(-c3cc4cc[nH]c4cc3F)cc2)CCC1.OP1OCCO1. The zero-order valence-electron chi connectivity index (χ0n) is 14.7. The molecule has 1 aromatic heterocycles. The minimum atomic E-state index is -1.47. The van der Waals surface area contributed by atoms with Crippen LogP contribution in [0.3, 0.4) is 0 Å². The van der Waals surface area contributed by atoms with Gasteiger partial charge in [-0.15, -0.1) is 0 Å². The topological polar surface area (TPSA) is 74.7 Å². The van der Waals surface area contributed by atoms with Gasteiger partial charge in [-0.25, -0.2) is 4.39 Å². The van der Waals surface area contributed by atoms with Crippen LogP contribution >= 0.6 is 8.60 Å². The third-order valence-electron chi connectivity index (χ3n) is 5.04. The molecule has 142 valence electrons. The van der Waals surface area contributed by atoms with Gasteiger partial charge in [-0.05, 0) is 48.6 Å². The molecule has 0 atom stereocenters. The Morgan fingerprint density at radius 2 is 1.74 bits per heavy atom. The van der Waals surface area contributed by atoms with E-state index in [0.717, 1.165) is 41.3 Å². The van der Waals surface area contributed by atoms with Crippen molar-refractivity contribution in [3.63, 3.8) is 0 Å². The maximum Gasteiger partial charge on any atom is 0.330 e. The van der Waals surface area contributed by atoms with Crippen molar-refractivity contribution in [3.05, 3.63) is 60.0 Å². The molecule has 5 rings (SSSR count). The summed E-state index contributed by atoms with van der Waals surface area (Å²) in [5.74, 6) is -0.236. The molecular formula is C20H21FNO4P. The summed E-state index contributed by atoms with van der Waals surface area (Å²) in [7, 11) is -1.47. The van der Waals surface area contributed by atoms with E-state index in [1.54, 1.807) is 0 Å². The predicted octanol–water partition coefficient (Wildman–Crippen LogP) is 4.60. The molecule has 0 unspecified atom stereocenters. The van der Waals surface area contributed by atoms with Crippen LogP contribution in [-0.2, 0) is 14.6 Å². The summed E-state index contributed by atoms with van der Waals surface area (Å²) in [5, 5.41) is 11.3. The first-order chi connectivity index (χ1) is 13.0. The zero-order valence-corrected chi connectivity index (χ0v) is 15.6. The lowest BCUT2D eigenvalue weighted by atomic mass is 9.75. The minimum absolute atomic E-state index is 0.236. The maximum absolute atomic E-state index is 14.2. The standard InChI is InChI=1S/C18H16FNO.C2H5O3P/c19-16-11-17-13(6-9-20-17)10-15(16)12-2-4-14(5-3-12)18(21)7-1-8-18;3-6-4-1-2-5-6/h2-6,9-11,20-21H,1,7-8H2;3H,1-2H2. The molecule has 1 saturated heterocycles. The fraction of sp³-hybridized carbons (Fsp3) is 0.300. The highest BCUT2D eigenvalue weighted by Gasteiger charge is 2.35. The summed E-state index contributed by atoms with van der Waals surface area (Å²) in [6.07, 6.45) is 4.51. The summed E-state index contributed by atoms with van der Waals surface area (Å²) in [6.45, 7) is 1.09. The van der Waals surface area contributed by atoms with Crippen molar-refractivity contribution in [1.82, 2.24) is 4.98 Å². The van der Waals surface area contributed by atoms with Gasteiger partial charge in [-0.2, -0.15) is 0 Å². The second-order valence-corrected chi connectivity index (χ2v) is 7.76. The number of H-pyrrole nitrogens is 1. The lowest BCUT2D eigenvalue weighted by molar-refractivity contribution is -0.0387. The van der Waals surface area contributed by atoms with E-state index in [2.05, 4.69) is 14.0 Å². The Morgan fingerprint density at radius 3 is 2.30 bits per heavy atom. The van der Waals surface area contributed by atoms with Gasteiger partial charge in [0, 0.05) is 22.7 Å². The molecule has 27 heavy (non-hydrogen) atoms. The van der Waals surface area contributed by atoms with Crippen molar-refractivity contribution < 1.29 is 23.4 Å². The Balaban J connectivity index is 0.000000257. The third-order valence-corrected chi connectivity index (χ3v) is 5.85. The fourth-order valence-electron chi connectivity index (χ4n) is 3.32. The van der Waals surface area contributed by atoms with Crippen LogP contribution in [-0.4, -0.2) is 28.2 Å². The number of hydrogen-bond acceptors (Lipinski definition) is 4. The van der Waals surface area contributed by atoms with E-state index in [0.29, 0.717) is 18.8 Å². The molecule has 5 nitrogen and oxygen atoms in total. The Labute approximate surface area is 157 Å². The molecule has 0 amide bonds. The van der Waals surface area contributed by atoms with Crippen LogP contribution < -0.4 is 0 Å². The van der Waals surface area contributed by atoms with Gasteiger partial charge in [-0.1, -0.05) is 24.3 Å². The van der Waals surface area contributed by atoms with Crippen molar-refractivity contribution in [2.75, 3.05) is 13.2 Å². The maximum atomic E-state index is 14.2. The number of benzene rings is 2. The molecule has 1 saturated carbocycles. The first-order valence-corrected chi connectivity index (χ1v) is 10.0. The Kier molecular flexibility index (Phi) is 5.26. The van der Waals surface area contributed by atoms with Crippen molar-refractivity contribution in [2.45, 2.75) is 24.9 Å². The number of hydrogen-bond donors (Lipinski definition) is 3. The molecule has 7 heteroatoms. The Morgan fingerprint density at radius 1 is 1.04 bits per heavy atom. The first-order valence-electron chi connectivity index (χ1n) is 8.90. The lowest BCUT2D eigenvalue weighted by Gasteiger charge is -2.37. The smallest absolute Gasteiger partial charge is 0.330 e. The molecule has 0 bridgehead atoms. The first kappa shape index (κ1) is 18.5. The summed E-state index contributed by atoms with van der Waals surface area (Å²) in [5.41, 5.74) is 2.50. The predicted molar refractivity (Wildman–Crippen MR) is 102 cm³/mol. The number of aromatic amines is 1. The van der Waals surface area contributed by atoms with E-state index in [1.165, 1.54) is 6.07 Å². The number of nitrogens with one attached hydrogen (secondary N) is 1. The number of rotatable bonds is 2. The van der Waals surface area contributed by atoms with Gasteiger partial charge in [0.1, 0.15) is 5.82 Å². The van der Waals surface area contributed by atoms with Gasteiger partial charge in [-0.3, -0.25) is 0 Å². The van der Waals surface area contributed by atoms with Crippen LogP contribution in [0.1, 0.15) is 24.8 Å². The largest absolute Gasteiger partial charge is 0.385 e. The highest BCUT2D eigenvalue weighted by Crippen LogP contribution is 2.41. The summed E-state index contributed by atoms with van der Waals surface area (Å²) >= 11 is 0. The average Bonchev–Trinajstić information content (AvgIpc) is 3.30. The van der Waals surface area contributed by atoms with Crippen LogP contribution in [0, 0.1) is 5.82 Å². The van der Waals surface area contributed by atoms with Crippen LogP contribution in [0.15, 0.2) is 48.7 Å². The summed E-state index contributed by atoms with van der Waals surface area (Å²) in [6, 6.07) is 12.9. The molecule has 3 N–H and O–H groups in total. The highest BCUT2D eigenvalue weighted by atomic mass is 31.2. The van der Waals surface area contributed by atoms with Crippen molar-refractivity contribution >= 4 is 19.5 Å². The third kappa shape index (κ3) is 3.91.